The molecule has 0 aromatic heterocycles. The van der Waals surface area contributed by atoms with E-state index in [1.54, 1.807) is 0 Å². The molecular weight excluding hydrogens is 448 g/mol. The lowest BCUT2D eigenvalue weighted by Crippen LogP contribution is -2.52. The summed E-state index contributed by atoms with van der Waals surface area (Å²) in [6.45, 7) is 4.06. The number of ether oxygens (including phenoxy) is 1. The van der Waals surface area contributed by atoms with E-state index in [0.29, 0.717) is 12.8 Å². The number of nitrogens with one attached hydrogen (secondary N) is 1. The molecule has 4 rings (SSSR count). The lowest BCUT2D eigenvalue weighted by molar-refractivity contribution is -0.149. The Morgan fingerprint density at radius 1 is 1.03 bits per heavy atom. The molecule has 3 N–H and O–H groups in total. The predicted molar refractivity (Wildman–Crippen MR) is 130 cm³/mol. The number of aliphatic hydroxyl groups is 1. The monoisotopic (exact) mass is 480 g/mol. The van der Waals surface area contributed by atoms with Crippen molar-refractivity contribution in [2.45, 2.75) is 57.2 Å². The molecule has 35 heavy (non-hydrogen) atoms. The number of rotatable bonds is 8. The van der Waals surface area contributed by atoms with Gasteiger partial charge < -0.3 is 25.2 Å². The highest BCUT2D eigenvalue weighted by Crippen LogP contribution is 2.44. The van der Waals surface area contributed by atoms with Crippen LogP contribution in [0.1, 0.15) is 50.2 Å². The van der Waals surface area contributed by atoms with Crippen molar-refractivity contribution in [2.24, 2.45) is 5.92 Å². The van der Waals surface area contributed by atoms with Gasteiger partial charge in [0.1, 0.15) is 18.7 Å². The minimum atomic E-state index is -1.17. The average molecular weight is 481 g/mol. The van der Waals surface area contributed by atoms with E-state index in [9.17, 15) is 24.6 Å². The van der Waals surface area contributed by atoms with Crippen molar-refractivity contribution in [3.8, 4) is 11.1 Å². The molecule has 2 aromatic carbocycles. The molecule has 2 aliphatic rings. The van der Waals surface area contributed by atoms with E-state index < -0.39 is 36.2 Å². The standard InChI is InChI=1S/C27H32N2O6/c1-16(2)11-12-23(25(31)29-14-17(30)13-24(29)26(32)33)28-27(34)35-15-22-20-9-5-3-7-18(20)19-8-4-6-10-21(19)22/h3-10,16-17,22-24,30H,11-15H2,1-2H3,(H,28,34)(H,32,33)/t17-,23?,24-/m1/s1. The Kier molecular flexibility index (Phi) is 7.40. The third-order valence-corrected chi connectivity index (χ3v) is 6.81. The number of aliphatic carboxylic acids is 1. The van der Waals surface area contributed by atoms with Gasteiger partial charge in [0.25, 0.3) is 0 Å². The van der Waals surface area contributed by atoms with Gasteiger partial charge in [0.05, 0.1) is 6.10 Å². The van der Waals surface area contributed by atoms with Crippen LogP contribution in [0, 0.1) is 5.92 Å². The fraction of sp³-hybridized carbons (Fsp3) is 0.444. The Morgan fingerprint density at radius 3 is 2.20 bits per heavy atom. The van der Waals surface area contributed by atoms with E-state index in [2.05, 4.69) is 17.4 Å². The molecule has 0 spiro atoms. The summed E-state index contributed by atoms with van der Waals surface area (Å²) in [6, 6.07) is 14.0. The van der Waals surface area contributed by atoms with Crippen LogP contribution in [0.15, 0.2) is 48.5 Å². The molecule has 8 heteroatoms. The number of amides is 2. The number of fused-ring (bicyclic) bond motifs is 3. The third-order valence-electron chi connectivity index (χ3n) is 6.81. The second-order valence-electron chi connectivity index (χ2n) is 9.73. The fourth-order valence-electron chi connectivity index (χ4n) is 5.03. The van der Waals surface area contributed by atoms with Crippen LogP contribution >= 0.6 is 0 Å². The Balaban J connectivity index is 1.45. The van der Waals surface area contributed by atoms with Crippen LogP contribution in [-0.2, 0) is 14.3 Å². The number of alkyl carbamates (subject to hydrolysis) is 1. The molecule has 1 fully saturated rings. The van der Waals surface area contributed by atoms with Gasteiger partial charge in [0, 0.05) is 18.9 Å². The van der Waals surface area contributed by atoms with Crippen molar-refractivity contribution in [3.63, 3.8) is 0 Å². The number of β-amino-alcohol motifs (C(OH)–C–C–N with tert-alkyl or cyclic N) is 1. The molecule has 1 aliphatic heterocycles. The number of likely N-dealkylation sites (tertiary alicyclic amines) is 1. The van der Waals surface area contributed by atoms with Gasteiger partial charge in [-0.25, -0.2) is 9.59 Å². The molecule has 0 radical (unpaired) electrons. The minimum absolute atomic E-state index is 0.0249. The average Bonchev–Trinajstić information content (AvgIpc) is 3.38. The smallest absolute Gasteiger partial charge is 0.407 e. The largest absolute Gasteiger partial charge is 0.480 e. The van der Waals surface area contributed by atoms with Crippen molar-refractivity contribution in [1.29, 1.82) is 0 Å². The Hall–Kier alpha value is -3.39. The molecule has 1 saturated heterocycles. The SMILES string of the molecule is CC(C)CCC(NC(=O)OCC1c2ccccc2-c2ccccc21)C(=O)N1C[C@H](O)C[C@@H]1C(=O)O. The summed E-state index contributed by atoms with van der Waals surface area (Å²) in [4.78, 5) is 38.8. The van der Waals surface area contributed by atoms with Crippen molar-refractivity contribution < 1.29 is 29.3 Å². The first-order valence-corrected chi connectivity index (χ1v) is 12.1. The molecule has 0 saturated carbocycles. The zero-order valence-electron chi connectivity index (χ0n) is 20.0. The highest BCUT2D eigenvalue weighted by Gasteiger charge is 2.41. The second-order valence-corrected chi connectivity index (χ2v) is 9.73. The van der Waals surface area contributed by atoms with Gasteiger partial charge in [-0.2, -0.15) is 0 Å². The number of aliphatic hydroxyl groups excluding tert-OH is 1. The maximum Gasteiger partial charge on any atom is 0.407 e. The zero-order valence-corrected chi connectivity index (χ0v) is 20.0. The first-order valence-electron chi connectivity index (χ1n) is 12.1. The number of carbonyl (C=O) groups is 3. The third kappa shape index (κ3) is 5.32. The maximum atomic E-state index is 13.2. The number of carboxylic acids is 1. The van der Waals surface area contributed by atoms with Crippen LogP contribution in [0.5, 0.6) is 0 Å². The van der Waals surface area contributed by atoms with E-state index in [1.807, 2.05) is 50.2 Å². The van der Waals surface area contributed by atoms with Crippen LogP contribution in [0.3, 0.4) is 0 Å². The van der Waals surface area contributed by atoms with Gasteiger partial charge in [0.2, 0.25) is 5.91 Å². The van der Waals surface area contributed by atoms with Crippen LogP contribution in [0.4, 0.5) is 4.79 Å². The molecule has 1 aliphatic carbocycles. The first kappa shape index (κ1) is 24.7. The van der Waals surface area contributed by atoms with E-state index in [1.165, 1.54) is 0 Å². The number of nitrogens with zero attached hydrogens (tertiary/aromatic N) is 1. The van der Waals surface area contributed by atoms with Crippen LogP contribution < -0.4 is 5.32 Å². The van der Waals surface area contributed by atoms with Crippen LogP contribution in [-0.4, -0.2) is 64.4 Å². The second kappa shape index (κ2) is 10.5. The van der Waals surface area contributed by atoms with E-state index in [0.717, 1.165) is 27.2 Å². The Bertz CT molecular complexity index is 1060. The Labute approximate surface area is 204 Å². The van der Waals surface area contributed by atoms with Crippen LogP contribution in [0.2, 0.25) is 0 Å². The zero-order chi connectivity index (χ0) is 25.1. The van der Waals surface area contributed by atoms with E-state index in [-0.39, 0.29) is 31.4 Å². The van der Waals surface area contributed by atoms with E-state index in [4.69, 9.17) is 4.74 Å². The van der Waals surface area contributed by atoms with Gasteiger partial charge in [-0.3, -0.25) is 4.79 Å². The molecule has 2 aromatic rings. The van der Waals surface area contributed by atoms with Gasteiger partial charge >= 0.3 is 12.1 Å². The molecule has 0 bridgehead atoms. The number of hydrogen-bond acceptors (Lipinski definition) is 5. The summed E-state index contributed by atoms with van der Waals surface area (Å²) < 4.78 is 5.60. The predicted octanol–water partition coefficient (Wildman–Crippen LogP) is 3.38. The van der Waals surface area contributed by atoms with E-state index >= 15 is 0 Å². The lowest BCUT2D eigenvalue weighted by Gasteiger charge is -2.27. The molecule has 2 amide bonds. The highest BCUT2D eigenvalue weighted by molar-refractivity contribution is 5.90. The summed E-state index contributed by atoms with van der Waals surface area (Å²) in [7, 11) is 0. The van der Waals surface area contributed by atoms with Gasteiger partial charge in [0.15, 0.2) is 0 Å². The molecule has 186 valence electrons. The summed E-state index contributed by atoms with van der Waals surface area (Å²) in [5, 5.41) is 22.1. The van der Waals surface area contributed by atoms with Crippen molar-refractivity contribution >= 4 is 18.0 Å². The van der Waals surface area contributed by atoms with Gasteiger partial charge in [-0.05, 0) is 41.0 Å². The molecule has 3 atom stereocenters. The van der Waals surface area contributed by atoms with Crippen LogP contribution in [0.25, 0.3) is 11.1 Å². The quantitative estimate of drug-likeness (QED) is 0.534. The molecular formula is C27H32N2O6. The highest BCUT2D eigenvalue weighted by atomic mass is 16.5. The normalized spacial score (nSPS) is 19.8. The summed E-state index contributed by atoms with van der Waals surface area (Å²) in [5.74, 6) is -1.50. The summed E-state index contributed by atoms with van der Waals surface area (Å²) >= 11 is 0. The van der Waals surface area contributed by atoms with Crippen molar-refractivity contribution in [3.05, 3.63) is 59.7 Å². The van der Waals surface area contributed by atoms with Crippen molar-refractivity contribution in [2.75, 3.05) is 13.2 Å². The Morgan fingerprint density at radius 2 is 1.63 bits per heavy atom. The molecule has 8 nitrogen and oxygen atoms in total. The minimum Gasteiger partial charge on any atom is -0.480 e. The lowest BCUT2D eigenvalue weighted by atomic mass is 9.98. The topological polar surface area (TPSA) is 116 Å². The maximum absolute atomic E-state index is 13.2. The molecule has 1 unspecified atom stereocenters. The van der Waals surface area contributed by atoms with Crippen molar-refractivity contribution in [1.82, 2.24) is 10.2 Å². The number of hydrogen-bond donors (Lipinski definition) is 3. The number of benzene rings is 2. The first-order chi connectivity index (χ1) is 16.8. The number of carboxylic acid groups (broad SMARTS) is 1. The summed E-state index contributed by atoms with van der Waals surface area (Å²) in [6.07, 6.45) is -0.641. The molecule has 1 heterocycles. The number of carbonyl (C=O) groups excluding carboxylic acids is 2. The summed E-state index contributed by atoms with van der Waals surface area (Å²) in [5.41, 5.74) is 4.41. The van der Waals surface area contributed by atoms with Gasteiger partial charge in [-0.15, -0.1) is 0 Å². The fourth-order valence-corrected chi connectivity index (χ4v) is 5.03. The van der Waals surface area contributed by atoms with Gasteiger partial charge in [-0.1, -0.05) is 62.4 Å².